The van der Waals surface area contributed by atoms with Crippen LogP contribution in [0.3, 0.4) is 0 Å². The van der Waals surface area contributed by atoms with Crippen molar-refractivity contribution in [3.05, 3.63) is 63.8 Å². The van der Waals surface area contributed by atoms with Crippen molar-refractivity contribution < 1.29 is 8.78 Å². The molecule has 2 aromatic heterocycles. The van der Waals surface area contributed by atoms with E-state index < -0.39 is 17.8 Å². The summed E-state index contributed by atoms with van der Waals surface area (Å²) < 4.78 is 28.7. The van der Waals surface area contributed by atoms with Crippen LogP contribution in [0.1, 0.15) is 24.6 Å². The van der Waals surface area contributed by atoms with Gasteiger partial charge >= 0.3 is 0 Å². The Labute approximate surface area is 152 Å². The van der Waals surface area contributed by atoms with Crippen LogP contribution in [0.2, 0.25) is 5.02 Å². The number of hydrogen-bond acceptors (Lipinski definition) is 3. The van der Waals surface area contributed by atoms with Crippen molar-refractivity contribution in [1.82, 2.24) is 14.5 Å². The topological polar surface area (TPSA) is 47.8 Å². The van der Waals surface area contributed by atoms with Crippen molar-refractivity contribution in [2.45, 2.75) is 24.7 Å². The van der Waals surface area contributed by atoms with Gasteiger partial charge in [-0.05, 0) is 49.2 Å². The smallest absolute Gasteiger partial charge is 0.266 e. The number of nitrogens with zero attached hydrogens (tertiary/aromatic N) is 3. The molecule has 5 rings (SSSR count). The molecule has 0 amide bonds. The summed E-state index contributed by atoms with van der Waals surface area (Å²) in [6.07, 6.45) is 2.25. The fourth-order valence-corrected chi connectivity index (χ4v) is 4.30. The van der Waals surface area contributed by atoms with Crippen LogP contribution in [0.25, 0.3) is 16.7 Å². The Balaban J connectivity index is 1.70. The number of benzene rings is 1. The number of alkyl halides is 2. The second-order valence-electron chi connectivity index (χ2n) is 7.01. The molecule has 2 heterocycles. The zero-order chi connectivity index (χ0) is 18.1. The molecule has 2 saturated carbocycles. The van der Waals surface area contributed by atoms with Gasteiger partial charge in [0.1, 0.15) is 5.82 Å². The zero-order valence-corrected chi connectivity index (χ0v) is 14.3. The summed E-state index contributed by atoms with van der Waals surface area (Å²) in [7, 11) is 0. The second kappa shape index (κ2) is 5.33. The largest absolute Gasteiger partial charge is 0.284 e. The molecule has 2 fully saturated rings. The van der Waals surface area contributed by atoms with Gasteiger partial charge < -0.3 is 0 Å². The van der Waals surface area contributed by atoms with E-state index in [9.17, 15) is 13.6 Å². The molecule has 0 spiro atoms. The third kappa shape index (κ3) is 2.21. The highest BCUT2D eigenvalue weighted by Crippen LogP contribution is 2.67. The molecular weight excluding hydrogens is 360 g/mol. The number of aromatic nitrogens is 3. The van der Waals surface area contributed by atoms with Gasteiger partial charge in [-0.3, -0.25) is 9.36 Å². The number of rotatable bonds is 2. The van der Waals surface area contributed by atoms with Gasteiger partial charge in [-0.1, -0.05) is 11.6 Å². The molecule has 0 aliphatic heterocycles. The lowest BCUT2D eigenvalue weighted by molar-refractivity contribution is 0.0689. The van der Waals surface area contributed by atoms with Gasteiger partial charge in [0, 0.05) is 29.0 Å². The van der Waals surface area contributed by atoms with E-state index in [1.165, 1.54) is 4.57 Å². The molecule has 7 heteroatoms. The second-order valence-corrected chi connectivity index (χ2v) is 7.45. The van der Waals surface area contributed by atoms with Gasteiger partial charge in [-0.25, -0.2) is 18.7 Å². The molecule has 0 saturated heterocycles. The maximum absolute atomic E-state index is 13.6. The van der Waals surface area contributed by atoms with E-state index in [4.69, 9.17) is 11.6 Å². The predicted molar refractivity (Wildman–Crippen MR) is 94.0 cm³/mol. The molecule has 132 valence electrons. The van der Waals surface area contributed by atoms with Gasteiger partial charge in [0.2, 0.25) is 0 Å². The fraction of sp³-hybridized carbons (Fsp3) is 0.316. The summed E-state index contributed by atoms with van der Waals surface area (Å²) in [6.45, 7) is 0. The molecule has 0 radical (unpaired) electrons. The van der Waals surface area contributed by atoms with E-state index in [1.807, 2.05) is 0 Å². The number of hydrogen-bond donors (Lipinski definition) is 0. The lowest BCUT2D eigenvalue weighted by Gasteiger charge is -2.19. The molecule has 4 nitrogen and oxygen atoms in total. The third-order valence-corrected chi connectivity index (χ3v) is 5.80. The Bertz CT molecular complexity index is 1070. The van der Waals surface area contributed by atoms with Gasteiger partial charge in [0.25, 0.3) is 11.5 Å². The molecule has 1 aromatic carbocycles. The molecule has 2 aliphatic rings. The highest BCUT2D eigenvalue weighted by Gasteiger charge is 2.71. The summed E-state index contributed by atoms with van der Waals surface area (Å²) in [4.78, 5) is 21.9. The van der Waals surface area contributed by atoms with Crippen molar-refractivity contribution in [3.8, 4) is 5.69 Å². The Morgan fingerprint density at radius 3 is 2.50 bits per heavy atom. The lowest BCUT2D eigenvalue weighted by Crippen LogP contribution is -2.26. The van der Waals surface area contributed by atoms with E-state index in [2.05, 4.69) is 9.97 Å². The first-order valence-electron chi connectivity index (χ1n) is 8.48. The van der Waals surface area contributed by atoms with Crippen molar-refractivity contribution in [2.24, 2.45) is 11.8 Å². The molecule has 0 bridgehead atoms. The first-order chi connectivity index (χ1) is 12.5. The summed E-state index contributed by atoms with van der Waals surface area (Å²) in [5.74, 6) is -3.38. The van der Waals surface area contributed by atoms with E-state index >= 15 is 0 Å². The molecule has 3 aromatic rings. The molecular formula is C19H14ClF2N3O. The van der Waals surface area contributed by atoms with E-state index in [1.54, 1.807) is 42.6 Å². The van der Waals surface area contributed by atoms with Crippen molar-refractivity contribution in [2.75, 3.05) is 0 Å². The SMILES string of the molecule is O=c1c2ncccc2nc(C2C[C@@H]3[C@H](C2)C3(F)F)n1-c1ccc(Cl)cc1. The van der Waals surface area contributed by atoms with Crippen molar-refractivity contribution >= 4 is 22.6 Å². The normalized spacial score (nSPS) is 26.0. The Morgan fingerprint density at radius 2 is 1.81 bits per heavy atom. The van der Waals surface area contributed by atoms with Crippen LogP contribution in [0, 0.1) is 11.8 Å². The first-order valence-corrected chi connectivity index (χ1v) is 8.86. The lowest BCUT2D eigenvalue weighted by atomic mass is 10.0. The fourth-order valence-electron chi connectivity index (χ4n) is 4.17. The maximum Gasteiger partial charge on any atom is 0.284 e. The third-order valence-electron chi connectivity index (χ3n) is 5.55. The molecule has 1 unspecified atom stereocenters. The van der Waals surface area contributed by atoms with Crippen LogP contribution in [0.4, 0.5) is 8.78 Å². The van der Waals surface area contributed by atoms with Gasteiger partial charge in [0.05, 0.1) is 11.2 Å². The summed E-state index contributed by atoms with van der Waals surface area (Å²) in [5, 5.41) is 0.553. The van der Waals surface area contributed by atoms with Crippen LogP contribution >= 0.6 is 11.6 Å². The minimum atomic E-state index is -2.56. The van der Waals surface area contributed by atoms with Crippen LogP contribution in [-0.4, -0.2) is 20.5 Å². The van der Waals surface area contributed by atoms with E-state index in [0.717, 1.165) is 0 Å². The number of fused-ring (bicyclic) bond motifs is 2. The molecule has 26 heavy (non-hydrogen) atoms. The van der Waals surface area contributed by atoms with E-state index in [0.29, 0.717) is 34.9 Å². The summed E-state index contributed by atoms with van der Waals surface area (Å²) >= 11 is 5.96. The standard InChI is InChI=1S/C19H14ClF2N3O/c20-11-3-5-12(6-4-11)25-17(10-8-13-14(9-10)19(13,21)22)24-15-2-1-7-23-16(15)18(25)26/h1-7,10,13-14H,8-9H2/t10?,13-,14+. The number of pyridine rings is 1. The minimum Gasteiger partial charge on any atom is -0.266 e. The van der Waals surface area contributed by atoms with Crippen molar-refractivity contribution in [1.29, 1.82) is 0 Å². The first kappa shape index (κ1) is 15.9. The molecule has 3 atom stereocenters. The Morgan fingerprint density at radius 1 is 1.12 bits per heavy atom. The molecule has 2 aliphatic carbocycles. The summed E-state index contributed by atoms with van der Waals surface area (Å²) in [5.41, 5.74) is 1.08. The van der Waals surface area contributed by atoms with Gasteiger partial charge in [0.15, 0.2) is 5.52 Å². The monoisotopic (exact) mass is 373 g/mol. The average Bonchev–Trinajstić information content (AvgIpc) is 2.99. The van der Waals surface area contributed by atoms with Crippen LogP contribution < -0.4 is 5.56 Å². The maximum atomic E-state index is 13.6. The van der Waals surface area contributed by atoms with Gasteiger partial charge in [-0.15, -0.1) is 0 Å². The van der Waals surface area contributed by atoms with E-state index in [-0.39, 0.29) is 17.0 Å². The zero-order valence-electron chi connectivity index (χ0n) is 13.6. The quantitative estimate of drug-likeness (QED) is 0.676. The minimum absolute atomic E-state index is 0.169. The number of halogens is 3. The van der Waals surface area contributed by atoms with Crippen molar-refractivity contribution in [3.63, 3.8) is 0 Å². The molecule has 0 N–H and O–H groups in total. The summed E-state index contributed by atoms with van der Waals surface area (Å²) in [6, 6.07) is 10.3. The highest BCUT2D eigenvalue weighted by molar-refractivity contribution is 6.30. The predicted octanol–water partition coefficient (Wildman–Crippen LogP) is 4.19. The van der Waals surface area contributed by atoms with Crippen LogP contribution in [0.5, 0.6) is 0 Å². The van der Waals surface area contributed by atoms with Crippen LogP contribution in [-0.2, 0) is 0 Å². The Hall–Kier alpha value is -2.34. The van der Waals surface area contributed by atoms with Gasteiger partial charge in [-0.2, -0.15) is 0 Å². The highest BCUT2D eigenvalue weighted by atomic mass is 35.5. The Kier molecular flexibility index (Phi) is 3.26. The van der Waals surface area contributed by atoms with Crippen LogP contribution in [0.15, 0.2) is 47.4 Å². The average molecular weight is 374 g/mol.